The number of hydrogen-bond acceptors (Lipinski definition) is 4. The lowest BCUT2D eigenvalue weighted by molar-refractivity contribution is 0.0911. The highest BCUT2D eigenvalue weighted by atomic mass is 16.2. The van der Waals surface area contributed by atoms with E-state index in [9.17, 15) is 4.79 Å². The van der Waals surface area contributed by atoms with E-state index in [1.54, 1.807) is 10.9 Å². The Balaban J connectivity index is 1.58. The van der Waals surface area contributed by atoms with Crippen LogP contribution < -0.4 is 5.32 Å². The number of likely N-dealkylation sites (N-methyl/N-ethyl adjacent to an activating group) is 1. The Labute approximate surface area is 142 Å². The first-order valence-electron chi connectivity index (χ1n) is 8.37. The molecule has 1 aliphatic heterocycles. The van der Waals surface area contributed by atoms with E-state index in [1.807, 2.05) is 18.2 Å². The number of aromatic nitrogens is 3. The van der Waals surface area contributed by atoms with Crippen LogP contribution in [-0.2, 0) is 13.0 Å². The van der Waals surface area contributed by atoms with Crippen molar-refractivity contribution in [2.75, 3.05) is 20.1 Å². The largest absolute Gasteiger partial charge is 0.346 e. The quantitative estimate of drug-likeness (QED) is 0.906. The summed E-state index contributed by atoms with van der Waals surface area (Å²) in [6.07, 6.45) is 2.59. The highest BCUT2D eigenvalue weighted by molar-refractivity contribution is 5.92. The van der Waals surface area contributed by atoms with E-state index in [-0.39, 0.29) is 17.4 Å². The average molecular weight is 327 g/mol. The van der Waals surface area contributed by atoms with Gasteiger partial charge in [0.25, 0.3) is 5.91 Å². The maximum absolute atomic E-state index is 12.4. The second-order valence-corrected chi connectivity index (χ2v) is 7.31. The third kappa shape index (κ3) is 3.82. The molecule has 1 unspecified atom stereocenters. The Kier molecular flexibility index (Phi) is 4.66. The summed E-state index contributed by atoms with van der Waals surface area (Å²) in [6.45, 7) is 6.90. The lowest BCUT2D eigenvalue weighted by atomic mass is 9.88. The molecular formula is C18H25N5O. The fraction of sp³-hybridized carbons (Fsp3) is 0.500. The topological polar surface area (TPSA) is 63.1 Å². The van der Waals surface area contributed by atoms with Gasteiger partial charge in [0.15, 0.2) is 5.69 Å². The van der Waals surface area contributed by atoms with Crippen LogP contribution >= 0.6 is 0 Å². The molecule has 1 aliphatic rings. The zero-order chi connectivity index (χ0) is 17.2. The molecule has 0 bridgehead atoms. The Morgan fingerprint density at radius 2 is 2.08 bits per heavy atom. The van der Waals surface area contributed by atoms with Crippen molar-refractivity contribution in [3.05, 3.63) is 47.8 Å². The second kappa shape index (κ2) is 6.73. The lowest BCUT2D eigenvalue weighted by Crippen LogP contribution is -2.44. The molecule has 128 valence electrons. The molecule has 0 saturated carbocycles. The molecule has 1 atom stereocenters. The van der Waals surface area contributed by atoms with Gasteiger partial charge >= 0.3 is 0 Å². The van der Waals surface area contributed by atoms with Crippen molar-refractivity contribution in [1.82, 2.24) is 25.2 Å². The van der Waals surface area contributed by atoms with E-state index in [2.05, 4.69) is 53.6 Å². The molecule has 6 nitrogen and oxygen atoms in total. The van der Waals surface area contributed by atoms with Crippen LogP contribution in [0.3, 0.4) is 0 Å². The SMILES string of the molecule is CN1CC(NC(=O)c2cn(CCc3ccccc3)nn2)C(C)(C)C1. The zero-order valence-corrected chi connectivity index (χ0v) is 14.6. The van der Waals surface area contributed by atoms with Crippen LogP contribution in [0.1, 0.15) is 29.9 Å². The summed E-state index contributed by atoms with van der Waals surface area (Å²) in [5.74, 6) is -0.144. The van der Waals surface area contributed by atoms with Gasteiger partial charge in [-0.15, -0.1) is 5.10 Å². The van der Waals surface area contributed by atoms with Gasteiger partial charge < -0.3 is 10.2 Å². The Morgan fingerprint density at radius 1 is 1.33 bits per heavy atom. The molecule has 1 aromatic carbocycles. The molecule has 1 aromatic heterocycles. The molecule has 6 heteroatoms. The number of amides is 1. The number of aryl methyl sites for hydroxylation is 2. The zero-order valence-electron chi connectivity index (χ0n) is 14.6. The van der Waals surface area contributed by atoms with E-state index in [1.165, 1.54) is 5.56 Å². The van der Waals surface area contributed by atoms with E-state index in [0.717, 1.165) is 19.5 Å². The molecule has 0 spiro atoms. The number of carbonyl (C=O) groups is 1. The van der Waals surface area contributed by atoms with Crippen LogP contribution in [0.5, 0.6) is 0 Å². The Hall–Kier alpha value is -2.21. The summed E-state index contributed by atoms with van der Waals surface area (Å²) < 4.78 is 1.73. The maximum Gasteiger partial charge on any atom is 0.273 e. The molecule has 1 fully saturated rings. The summed E-state index contributed by atoms with van der Waals surface area (Å²) in [7, 11) is 2.08. The number of carbonyl (C=O) groups excluding carboxylic acids is 1. The number of likely N-dealkylation sites (tertiary alicyclic amines) is 1. The summed E-state index contributed by atoms with van der Waals surface area (Å²) in [6, 6.07) is 10.4. The smallest absolute Gasteiger partial charge is 0.273 e. The van der Waals surface area contributed by atoms with Crippen molar-refractivity contribution in [3.8, 4) is 0 Å². The average Bonchev–Trinajstić information content (AvgIpc) is 3.10. The van der Waals surface area contributed by atoms with Crippen molar-refractivity contribution in [3.63, 3.8) is 0 Å². The van der Waals surface area contributed by atoms with Crippen LogP contribution in [0.25, 0.3) is 0 Å². The van der Waals surface area contributed by atoms with Gasteiger partial charge in [-0.3, -0.25) is 9.48 Å². The molecular weight excluding hydrogens is 302 g/mol. The van der Waals surface area contributed by atoms with Crippen LogP contribution in [0, 0.1) is 5.41 Å². The van der Waals surface area contributed by atoms with Gasteiger partial charge in [-0.1, -0.05) is 49.4 Å². The molecule has 0 radical (unpaired) electrons. The predicted octanol–water partition coefficient (Wildman–Crippen LogP) is 1.59. The third-order valence-electron chi connectivity index (χ3n) is 4.66. The molecule has 2 heterocycles. The Morgan fingerprint density at radius 3 is 2.75 bits per heavy atom. The van der Waals surface area contributed by atoms with Gasteiger partial charge in [0.2, 0.25) is 0 Å². The number of nitrogens with zero attached hydrogens (tertiary/aromatic N) is 4. The maximum atomic E-state index is 12.4. The normalized spacial score (nSPS) is 20.2. The van der Waals surface area contributed by atoms with E-state index in [4.69, 9.17) is 0 Å². The van der Waals surface area contributed by atoms with Crippen molar-refractivity contribution < 1.29 is 4.79 Å². The van der Waals surface area contributed by atoms with Crippen LogP contribution in [-0.4, -0.2) is 52.0 Å². The summed E-state index contributed by atoms with van der Waals surface area (Å²) in [5.41, 5.74) is 1.69. The van der Waals surface area contributed by atoms with Crippen molar-refractivity contribution in [1.29, 1.82) is 0 Å². The van der Waals surface area contributed by atoms with Gasteiger partial charge in [-0.2, -0.15) is 0 Å². The van der Waals surface area contributed by atoms with Gasteiger partial charge in [0.1, 0.15) is 0 Å². The number of nitrogens with one attached hydrogen (secondary N) is 1. The minimum absolute atomic E-state index is 0.0632. The Bertz CT molecular complexity index is 694. The predicted molar refractivity (Wildman–Crippen MR) is 92.7 cm³/mol. The first kappa shape index (κ1) is 16.6. The standard InChI is InChI=1S/C18H25N5O/c1-18(2)13-22(3)12-16(18)19-17(24)15-11-23(21-20-15)10-9-14-7-5-4-6-8-14/h4-8,11,16H,9-10,12-13H2,1-3H3,(H,19,24). The molecule has 1 amide bonds. The fourth-order valence-corrected chi connectivity index (χ4v) is 3.30. The molecule has 24 heavy (non-hydrogen) atoms. The van der Waals surface area contributed by atoms with Crippen molar-refractivity contribution in [2.45, 2.75) is 32.9 Å². The van der Waals surface area contributed by atoms with Gasteiger partial charge in [0, 0.05) is 25.7 Å². The fourth-order valence-electron chi connectivity index (χ4n) is 3.30. The van der Waals surface area contributed by atoms with Gasteiger partial charge in [0.05, 0.1) is 6.20 Å². The van der Waals surface area contributed by atoms with Crippen LogP contribution in [0.4, 0.5) is 0 Å². The summed E-state index contributed by atoms with van der Waals surface area (Å²) in [5, 5.41) is 11.2. The monoisotopic (exact) mass is 327 g/mol. The molecule has 3 rings (SSSR count). The summed E-state index contributed by atoms with van der Waals surface area (Å²) >= 11 is 0. The van der Waals surface area contributed by atoms with Gasteiger partial charge in [-0.05, 0) is 24.4 Å². The minimum Gasteiger partial charge on any atom is -0.346 e. The lowest BCUT2D eigenvalue weighted by Gasteiger charge is -2.26. The van der Waals surface area contributed by atoms with Crippen LogP contribution in [0.15, 0.2) is 36.5 Å². The molecule has 1 saturated heterocycles. The van der Waals surface area contributed by atoms with E-state index < -0.39 is 0 Å². The molecule has 2 aromatic rings. The number of benzene rings is 1. The van der Waals surface area contributed by atoms with Crippen molar-refractivity contribution >= 4 is 5.91 Å². The van der Waals surface area contributed by atoms with Crippen molar-refractivity contribution in [2.24, 2.45) is 5.41 Å². The van der Waals surface area contributed by atoms with Gasteiger partial charge in [-0.25, -0.2) is 0 Å². The van der Waals surface area contributed by atoms with Crippen LogP contribution in [0.2, 0.25) is 0 Å². The first-order valence-corrected chi connectivity index (χ1v) is 8.37. The summed E-state index contributed by atoms with van der Waals surface area (Å²) in [4.78, 5) is 14.7. The number of rotatable bonds is 5. The second-order valence-electron chi connectivity index (χ2n) is 7.31. The third-order valence-corrected chi connectivity index (χ3v) is 4.66. The minimum atomic E-state index is -0.144. The molecule has 1 N–H and O–H groups in total. The first-order chi connectivity index (χ1) is 11.4. The molecule has 0 aliphatic carbocycles. The highest BCUT2D eigenvalue weighted by Gasteiger charge is 2.38. The number of hydrogen-bond donors (Lipinski definition) is 1. The highest BCUT2D eigenvalue weighted by Crippen LogP contribution is 2.28. The van der Waals surface area contributed by atoms with E-state index in [0.29, 0.717) is 12.2 Å². The van der Waals surface area contributed by atoms with E-state index >= 15 is 0 Å².